The number of nitrogen functional groups attached to an aromatic ring is 1. The lowest BCUT2D eigenvalue weighted by Gasteiger charge is -2.35. The van der Waals surface area contributed by atoms with Gasteiger partial charge in [0.2, 0.25) is 0 Å². The smallest absolute Gasteiger partial charge is 0.293 e. The van der Waals surface area contributed by atoms with Crippen LogP contribution in [0.3, 0.4) is 0 Å². The lowest BCUT2D eigenvalue weighted by atomic mass is 9.89. The second-order valence-electron chi connectivity index (χ2n) is 4.83. The predicted molar refractivity (Wildman–Crippen MR) is 73.4 cm³/mol. The molecule has 0 atom stereocenters. The molecule has 1 amide bonds. The van der Waals surface area contributed by atoms with Gasteiger partial charge in [-0.15, -0.1) is 0 Å². The SMILES string of the molecule is CCOC1CC(NC(=O)c2c(F)ccc([N+](=O)[O-])c2N)C1. The second-order valence-corrected chi connectivity index (χ2v) is 4.83. The predicted octanol–water partition coefficient (Wildman–Crippen LogP) is 1.61. The second kappa shape index (κ2) is 6.04. The van der Waals surface area contributed by atoms with Crippen LogP contribution in [-0.4, -0.2) is 29.6 Å². The highest BCUT2D eigenvalue weighted by molar-refractivity contribution is 6.01. The summed E-state index contributed by atoms with van der Waals surface area (Å²) in [5.41, 5.74) is 4.10. The number of nitrogens with two attached hydrogens (primary N) is 1. The molecule has 1 aliphatic carbocycles. The summed E-state index contributed by atoms with van der Waals surface area (Å²) < 4.78 is 19.1. The number of anilines is 1. The third-order valence-corrected chi connectivity index (χ3v) is 3.43. The molecule has 0 heterocycles. The molecule has 0 saturated heterocycles. The molecule has 1 fully saturated rings. The maximum Gasteiger partial charge on any atom is 0.293 e. The standard InChI is InChI=1S/C13H16FN3O4/c1-2-21-8-5-7(6-8)16-13(18)11-9(14)3-4-10(12(11)15)17(19)20/h3-4,7-8H,2,5-6,15H2,1H3,(H,16,18). The number of hydrogen-bond acceptors (Lipinski definition) is 5. The summed E-state index contributed by atoms with van der Waals surface area (Å²) in [6.07, 6.45) is 1.36. The number of amides is 1. The number of nitro groups is 1. The highest BCUT2D eigenvalue weighted by Gasteiger charge is 2.32. The van der Waals surface area contributed by atoms with Crippen molar-refractivity contribution < 1.29 is 18.8 Å². The highest BCUT2D eigenvalue weighted by atomic mass is 19.1. The number of carbonyl (C=O) groups is 1. The molecule has 0 spiro atoms. The summed E-state index contributed by atoms with van der Waals surface area (Å²) in [4.78, 5) is 22.1. The number of rotatable bonds is 5. The Bertz CT molecular complexity index is 573. The number of nitro benzene ring substituents is 1. The van der Waals surface area contributed by atoms with Gasteiger partial charge in [0.05, 0.1) is 11.0 Å². The van der Waals surface area contributed by atoms with Crippen molar-refractivity contribution in [3.8, 4) is 0 Å². The van der Waals surface area contributed by atoms with Crippen molar-refractivity contribution in [1.29, 1.82) is 0 Å². The van der Waals surface area contributed by atoms with Gasteiger partial charge in [0.15, 0.2) is 0 Å². The quantitative estimate of drug-likeness (QED) is 0.487. The van der Waals surface area contributed by atoms with E-state index in [1.54, 1.807) is 0 Å². The van der Waals surface area contributed by atoms with Gasteiger partial charge in [0.1, 0.15) is 17.1 Å². The third kappa shape index (κ3) is 3.10. The van der Waals surface area contributed by atoms with Crippen LogP contribution in [0.15, 0.2) is 12.1 Å². The lowest BCUT2D eigenvalue weighted by molar-refractivity contribution is -0.384. The number of halogens is 1. The zero-order valence-electron chi connectivity index (χ0n) is 11.5. The molecule has 1 saturated carbocycles. The minimum atomic E-state index is -0.878. The molecule has 1 aliphatic rings. The van der Waals surface area contributed by atoms with E-state index in [-0.39, 0.29) is 12.1 Å². The average Bonchev–Trinajstić information content (AvgIpc) is 2.35. The maximum absolute atomic E-state index is 13.7. The van der Waals surface area contributed by atoms with Gasteiger partial charge in [-0.05, 0) is 25.8 Å². The van der Waals surface area contributed by atoms with E-state index in [1.165, 1.54) is 0 Å². The molecule has 7 nitrogen and oxygen atoms in total. The van der Waals surface area contributed by atoms with E-state index in [4.69, 9.17) is 10.5 Å². The van der Waals surface area contributed by atoms with Crippen molar-refractivity contribution >= 4 is 17.3 Å². The van der Waals surface area contributed by atoms with Crippen LogP contribution in [0.4, 0.5) is 15.8 Å². The molecule has 3 N–H and O–H groups in total. The fourth-order valence-electron chi connectivity index (χ4n) is 2.28. The normalized spacial score (nSPS) is 20.7. The van der Waals surface area contributed by atoms with Gasteiger partial charge in [0, 0.05) is 18.7 Å². The van der Waals surface area contributed by atoms with E-state index < -0.39 is 33.6 Å². The van der Waals surface area contributed by atoms with Crippen molar-refractivity contribution in [2.75, 3.05) is 12.3 Å². The molecule has 0 unspecified atom stereocenters. The Balaban J connectivity index is 2.10. The van der Waals surface area contributed by atoms with E-state index in [2.05, 4.69) is 5.32 Å². The fourth-order valence-corrected chi connectivity index (χ4v) is 2.28. The number of hydrogen-bond donors (Lipinski definition) is 2. The van der Waals surface area contributed by atoms with Crippen LogP contribution < -0.4 is 11.1 Å². The van der Waals surface area contributed by atoms with E-state index in [0.29, 0.717) is 19.4 Å². The van der Waals surface area contributed by atoms with Crippen LogP contribution in [0, 0.1) is 15.9 Å². The van der Waals surface area contributed by atoms with Gasteiger partial charge in [-0.1, -0.05) is 0 Å². The Labute approximate surface area is 120 Å². The average molecular weight is 297 g/mol. The summed E-state index contributed by atoms with van der Waals surface area (Å²) in [6.45, 7) is 2.48. The molecule has 0 aliphatic heterocycles. The number of nitrogens with one attached hydrogen (secondary N) is 1. The first kappa shape index (κ1) is 15.2. The van der Waals surface area contributed by atoms with Gasteiger partial charge in [-0.25, -0.2) is 4.39 Å². The Morgan fingerprint density at radius 2 is 2.24 bits per heavy atom. The van der Waals surface area contributed by atoms with Gasteiger partial charge >= 0.3 is 0 Å². The van der Waals surface area contributed by atoms with E-state index in [9.17, 15) is 19.3 Å². The van der Waals surface area contributed by atoms with Crippen LogP contribution in [0.2, 0.25) is 0 Å². The topological polar surface area (TPSA) is 107 Å². The molecule has 0 bridgehead atoms. The van der Waals surface area contributed by atoms with Crippen molar-refractivity contribution in [1.82, 2.24) is 5.32 Å². The zero-order chi connectivity index (χ0) is 15.6. The van der Waals surface area contributed by atoms with E-state index >= 15 is 0 Å². The van der Waals surface area contributed by atoms with Gasteiger partial charge in [-0.3, -0.25) is 14.9 Å². The Kier molecular flexibility index (Phi) is 4.37. The highest BCUT2D eigenvalue weighted by Crippen LogP contribution is 2.29. The zero-order valence-corrected chi connectivity index (χ0v) is 11.5. The third-order valence-electron chi connectivity index (χ3n) is 3.43. The van der Waals surface area contributed by atoms with Gasteiger partial charge in [0.25, 0.3) is 11.6 Å². The summed E-state index contributed by atoms with van der Waals surface area (Å²) >= 11 is 0. The number of carbonyl (C=O) groups excluding carboxylic acids is 1. The first-order valence-electron chi connectivity index (χ1n) is 6.58. The first-order valence-corrected chi connectivity index (χ1v) is 6.58. The minimum Gasteiger partial charge on any atom is -0.392 e. The summed E-state index contributed by atoms with van der Waals surface area (Å²) in [6, 6.07) is 1.68. The first-order chi connectivity index (χ1) is 9.93. The maximum atomic E-state index is 13.7. The largest absolute Gasteiger partial charge is 0.392 e. The van der Waals surface area contributed by atoms with Crippen LogP contribution in [0.5, 0.6) is 0 Å². The number of nitrogens with zero attached hydrogens (tertiary/aromatic N) is 1. The van der Waals surface area contributed by atoms with Gasteiger partial charge in [-0.2, -0.15) is 0 Å². The monoisotopic (exact) mass is 297 g/mol. The van der Waals surface area contributed by atoms with E-state index in [0.717, 1.165) is 12.1 Å². The molecule has 0 aromatic heterocycles. The molecule has 0 radical (unpaired) electrons. The molecular formula is C13H16FN3O4. The van der Waals surface area contributed by atoms with Crippen molar-refractivity contribution in [3.63, 3.8) is 0 Å². The van der Waals surface area contributed by atoms with Crippen molar-refractivity contribution in [3.05, 3.63) is 33.6 Å². The lowest BCUT2D eigenvalue weighted by Crippen LogP contribution is -2.48. The molecule has 1 aromatic rings. The van der Waals surface area contributed by atoms with E-state index in [1.807, 2.05) is 6.92 Å². The van der Waals surface area contributed by atoms with Crippen LogP contribution in [0.1, 0.15) is 30.1 Å². The van der Waals surface area contributed by atoms with Crippen LogP contribution in [0.25, 0.3) is 0 Å². The summed E-state index contributed by atoms with van der Waals surface area (Å²) in [5.74, 6) is -1.62. The molecule has 2 rings (SSSR count). The Hall–Kier alpha value is -2.22. The Morgan fingerprint density at radius 3 is 2.81 bits per heavy atom. The number of ether oxygens (including phenoxy) is 1. The van der Waals surface area contributed by atoms with Crippen LogP contribution in [-0.2, 0) is 4.74 Å². The van der Waals surface area contributed by atoms with Crippen LogP contribution >= 0.6 is 0 Å². The molecule has 1 aromatic carbocycles. The van der Waals surface area contributed by atoms with Crippen molar-refractivity contribution in [2.45, 2.75) is 31.9 Å². The number of benzene rings is 1. The fraction of sp³-hybridized carbons (Fsp3) is 0.462. The summed E-state index contributed by atoms with van der Waals surface area (Å²) in [5, 5.41) is 13.4. The summed E-state index contributed by atoms with van der Waals surface area (Å²) in [7, 11) is 0. The molecule has 114 valence electrons. The minimum absolute atomic E-state index is 0.0904. The Morgan fingerprint density at radius 1 is 1.57 bits per heavy atom. The molecular weight excluding hydrogens is 281 g/mol. The molecule has 21 heavy (non-hydrogen) atoms. The van der Waals surface area contributed by atoms with Crippen molar-refractivity contribution in [2.24, 2.45) is 0 Å². The van der Waals surface area contributed by atoms with Gasteiger partial charge < -0.3 is 15.8 Å². The molecule has 8 heteroatoms.